The minimum Gasteiger partial charge on any atom is -0.448 e. The van der Waals surface area contributed by atoms with Crippen LogP contribution in [0.1, 0.15) is 38.8 Å². The van der Waals surface area contributed by atoms with Crippen molar-refractivity contribution in [1.82, 2.24) is 9.38 Å². The van der Waals surface area contributed by atoms with Crippen molar-refractivity contribution in [1.29, 1.82) is 0 Å². The van der Waals surface area contributed by atoms with Crippen LogP contribution in [0.25, 0.3) is 5.65 Å². The maximum absolute atomic E-state index is 12.9. The van der Waals surface area contributed by atoms with Crippen LogP contribution in [0.3, 0.4) is 0 Å². The van der Waals surface area contributed by atoms with Crippen molar-refractivity contribution in [2.45, 2.75) is 20.0 Å². The molecular weight excluding hydrogens is 336 g/mol. The lowest BCUT2D eigenvalue weighted by atomic mass is 9.97. The second-order valence-corrected chi connectivity index (χ2v) is 6.65. The van der Waals surface area contributed by atoms with Gasteiger partial charge in [0.1, 0.15) is 5.65 Å². The highest BCUT2D eigenvalue weighted by Gasteiger charge is 2.23. The Labute approximate surface area is 158 Å². The van der Waals surface area contributed by atoms with E-state index < -0.39 is 12.1 Å². The summed E-state index contributed by atoms with van der Waals surface area (Å²) in [5.41, 5.74) is 5.10. The van der Waals surface area contributed by atoms with E-state index in [2.05, 4.69) is 4.98 Å². The van der Waals surface area contributed by atoms with Crippen LogP contribution < -0.4 is 0 Å². The maximum atomic E-state index is 12.9. The molecule has 0 aliphatic heterocycles. The fourth-order valence-electron chi connectivity index (χ4n) is 3.17. The summed E-state index contributed by atoms with van der Waals surface area (Å²) in [7, 11) is 0. The molecule has 2 heterocycles. The summed E-state index contributed by atoms with van der Waals surface area (Å²) in [4.78, 5) is 17.3. The van der Waals surface area contributed by atoms with Crippen LogP contribution in [0.5, 0.6) is 0 Å². The molecule has 1 unspecified atom stereocenters. The Hall–Kier alpha value is -3.40. The summed E-state index contributed by atoms with van der Waals surface area (Å²) in [6.07, 6.45) is 3.12. The molecule has 2 aromatic carbocycles. The van der Waals surface area contributed by atoms with Crippen LogP contribution in [0.4, 0.5) is 0 Å². The van der Waals surface area contributed by atoms with Gasteiger partial charge in [-0.2, -0.15) is 0 Å². The third-order valence-electron chi connectivity index (χ3n) is 4.62. The molecule has 0 aliphatic rings. The van der Waals surface area contributed by atoms with Crippen LogP contribution in [0.15, 0.2) is 79.1 Å². The van der Waals surface area contributed by atoms with Gasteiger partial charge in [-0.15, -0.1) is 0 Å². The van der Waals surface area contributed by atoms with E-state index in [0.29, 0.717) is 5.69 Å². The first-order valence-electron chi connectivity index (χ1n) is 8.88. The zero-order valence-electron chi connectivity index (χ0n) is 15.3. The Morgan fingerprint density at radius 1 is 1.00 bits per heavy atom. The standard InChI is InChI=1S/C23H20N2O2/c1-16-12-13-25-15-20(24-21(25)14-16)23(26)27-22(18-9-4-3-5-10-18)19-11-7-6-8-17(19)2/h3-15,22H,1-2H3. The highest BCUT2D eigenvalue weighted by Crippen LogP contribution is 2.29. The molecule has 0 amide bonds. The van der Waals surface area contributed by atoms with Gasteiger partial charge in [0.2, 0.25) is 0 Å². The summed E-state index contributed by atoms with van der Waals surface area (Å²) >= 11 is 0. The smallest absolute Gasteiger partial charge is 0.359 e. The highest BCUT2D eigenvalue weighted by atomic mass is 16.5. The molecule has 0 spiro atoms. The molecule has 0 radical (unpaired) electrons. The van der Waals surface area contributed by atoms with Crippen LogP contribution in [-0.4, -0.2) is 15.4 Å². The predicted octanol–water partition coefficient (Wildman–Crippen LogP) is 4.90. The fourth-order valence-corrected chi connectivity index (χ4v) is 3.17. The lowest BCUT2D eigenvalue weighted by Crippen LogP contribution is -2.14. The van der Waals surface area contributed by atoms with Gasteiger partial charge in [0.15, 0.2) is 11.8 Å². The van der Waals surface area contributed by atoms with Gasteiger partial charge in [0.25, 0.3) is 0 Å². The Morgan fingerprint density at radius 3 is 2.52 bits per heavy atom. The van der Waals surface area contributed by atoms with E-state index in [4.69, 9.17) is 4.74 Å². The number of hydrogen-bond donors (Lipinski definition) is 0. The summed E-state index contributed by atoms with van der Waals surface area (Å²) < 4.78 is 7.76. The molecule has 0 aliphatic carbocycles. The molecule has 4 aromatic rings. The number of aromatic nitrogens is 2. The van der Waals surface area contributed by atoms with E-state index in [0.717, 1.165) is 27.9 Å². The largest absolute Gasteiger partial charge is 0.448 e. The third kappa shape index (κ3) is 3.47. The number of nitrogens with zero attached hydrogens (tertiary/aromatic N) is 2. The molecule has 27 heavy (non-hydrogen) atoms. The number of imidazole rings is 1. The lowest BCUT2D eigenvalue weighted by molar-refractivity contribution is 0.0371. The molecule has 4 nitrogen and oxygen atoms in total. The van der Waals surface area contributed by atoms with Gasteiger partial charge in [0.05, 0.1) is 0 Å². The van der Waals surface area contributed by atoms with Crippen molar-refractivity contribution in [3.8, 4) is 0 Å². The number of fused-ring (bicyclic) bond motifs is 1. The predicted molar refractivity (Wildman–Crippen MR) is 105 cm³/mol. The van der Waals surface area contributed by atoms with Crippen molar-refractivity contribution >= 4 is 11.6 Å². The lowest BCUT2D eigenvalue weighted by Gasteiger charge is -2.20. The van der Waals surface area contributed by atoms with Crippen molar-refractivity contribution < 1.29 is 9.53 Å². The average molecular weight is 356 g/mol. The number of carbonyl (C=O) groups excluding carboxylic acids is 1. The Bertz CT molecular complexity index is 1100. The number of ether oxygens (including phenoxy) is 1. The second kappa shape index (κ2) is 7.08. The number of esters is 1. The van der Waals surface area contributed by atoms with Gasteiger partial charge in [-0.1, -0.05) is 54.6 Å². The first-order valence-corrected chi connectivity index (χ1v) is 8.88. The molecule has 0 saturated carbocycles. The van der Waals surface area contributed by atoms with Crippen molar-refractivity contribution in [3.05, 3.63) is 107 Å². The van der Waals surface area contributed by atoms with E-state index in [-0.39, 0.29) is 0 Å². The monoisotopic (exact) mass is 356 g/mol. The summed E-state index contributed by atoms with van der Waals surface area (Å²) in [6, 6.07) is 21.6. The van der Waals surface area contributed by atoms with Crippen molar-refractivity contribution in [3.63, 3.8) is 0 Å². The number of hydrogen-bond acceptors (Lipinski definition) is 3. The van der Waals surface area contributed by atoms with Crippen LogP contribution in [0.2, 0.25) is 0 Å². The van der Waals surface area contributed by atoms with E-state index in [1.54, 1.807) is 6.20 Å². The molecule has 0 saturated heterocycles. The summed E-state index contributed by atoms with van der Waals surface area (Å²) in [5, 5.41) is 0. The Balaban J connectivity index is 1.70. The fraction of sp³-hybridized carbons (Fsp3) is 0.130. The SMILES string of the molecule is Cc1ccn2cc(C(=O)OC(c3ccccc3)c3ccccc3C)nc2c1. The number of carbonyl (C=O) groups is 1. The van der Waals surface area contributed by atoms with Gasteiger partial charge in [-0.25, -0.2) is 9.78 Å². The first kappa shape index (κ1) is 17.0. The van der Waals surface area contributed by atoms with Crippen LogP contribution in [0, 0.1) is 13.8 Å². The second-order valence-electron chi connectivity index (χ2n) is 6.65. The van der Waals surface area contributed by atoms with E-state index >= 15 is 0 Å². The molecule has 2 aromatic heterocycles. The molecule has 0 fully saturated rings. The summed E-state index contributed by atoms with van der Waals surface area (Å²) in [5.74, 6) is -0.437. The minimum atomic E-state index is -0.480. The van der Waals surface area contributed by atoms with E-state index in [1.807, 2.05) is 91.2 Å². The van der Waals surface area contributed by atoms with Crippen molar-refractivity contribution in [2.75, 3.05) is 0 Å². The van der Waals surface area contributed by atoms with Gasteiger partial charge >= 0.3 is 5.97 Å². The zero-order valence-corrected chi connectivity index (χ0v) is 15.3. The minimum absolute atomic E-state index is 0.301. The molecular formula is C23H20N2O2. The zero-order chi connectivity index (χ0) is 18.8. The van der Waals surface area contributed by atoms with Crippen molar-refractivity contribution in [2.24, 2.45) is 0 Å². The highest BCUT2D eigenvalue weighted by molar-refractivity contribution is 5.88. The molecule has 0 N–H and O–H groups in total. The summed E-state index contributed by atoms with van der Waals surface area (Å²) in [6.45, 7) is 4.02. The van der Waals surface area contributed by atoms with Gasteiger partial charge < -0.3 is 9.14 Å². The molecule has 4 heteroatoms. The molecule has 134 valence electrons. The third-order valence-corrected chi connectivity index (χ3v) is 4.62. The molecule has 0 bridgehead atoms. The van der Waals surface area contributed by atoms with Crippen LogP contribution >= 0.6 is 0 Å². The van der Waals surface area contributed by atoms with Gasteiger partial charge in [-0.3, -0.25) is 0 Å². The quantitative estimate of drug-likeness (QED) is 0.489. The van der Waals surface area contributed by atoms with Crippen LogP contribution in [-0.2, 0) is 4.74 Å². The number of pyridine rings is 1. The number of aryl methyl sites for hydroxylation is 2. The van der Waals surface area contributed by atoms with E-state index in [1.165, 1.54) is 0 Å². The van der Waals surface area contributed by atoms with E-state index in [9.17, 15) is 4.79 Å². The molecule has 4 rings (SSSR count). The normalized spacial score (nSPS) is 12.1. The van der Waals surface area contributed by atoms with Gasteiger partial charge in [-0.05, 0) is 48.2 Å². The molecule has 1 atom stereocenters. The first-order chi connectivity index (χ1) is 13.1. The topological polar surface area (TPSA) is 43.6 Å². The Morgan fingerprint density at radius 2 is 1.74 bits per heavy atom. The number of rotatable bonds is 4. The maximum Gasteiger partial charge on any atom is 0.359 e. The van der Waals surface area contributed by atoms with Gasteiger partial charge in [0, 0.05) is 12.4 Å². The Kier molecular flexibility index (Phi) is 4.47. The average Bonchev–Trinajstić information content (AvgIpc) is 3.11. The number of benzene rings is 2.